The van der Waals surface area contributed by atoms with Gasteiger partial charge in [0.2, 0.25) is 0 Å². The van der Waals surface area contributed by atoms with Crippen molar-refractivity contribution < 1.29 is 14.1 Å². The van der Waals surface area contributed by atoms with Crippen LogP contribution in [0.4, 0.5) is 10.8 Å². The van der Waals surface area contributed by atoms with Gasteiger partial charge in [-0.15, -0.1) is 11.3 Å². The van der Waals surface area contributed by atoms with E-state index in [1.807, 2.05) is 24.3 Å². The lowest BCUT2D eigenvalue weighted by molar-refractivity contribution is -0.384. The lowest BCUT2D eigenvalue weighted by Gasteiger charge is -2.04. The van der Waals surface area contributed by atoms with E-state index in [9.17, 15) is 20.2 Å². The van der Waals surface area contributed by atoms with Gasteiger partial charge in [-0.2, -0.15) is 5.26 Å². The van der Waals surface area contributed by atoms with E-state index in [0.717, 1.165) is 21.2 Å². The molecule has 1 amide bonds. The molecule has 0 aliphatic heterocycles. The maximum absolute atomic E-state index is 12.8. The molecule has 0 saturated carbocycles. The van der Waals surface area contributed by atoms with E-state index in [0.29, 0.717) is 22.9 Å². The van der Waals surface area contributed by atoms with Gasteiger partial charge >= 0.3 is 0 Å². The second kappa shape index (κ2) is 10.7. The van der Waals surface area contributed by atoms with Crippen LogP contribution in [0, 0.1) is 21.4 Å². The average molecular weight is 541 g/mol. The normalized spacial score (nSPS) is 11.3. The Bertz CT molecular complexity index is 1760. The van der Waals surface area contributed by atoms with Crippen LogP contribution in [-0.4, -0.2) is 15.8 Å². The van der Waals surface area contributed by atoms with Crippen molar-refractivity contribution in [2.24, 2.45) is 0 Å². The zero-order chi connectivity index (χ0) is 26.6. The molecular weight excluding hydrogens is 524 g/mol. The first kappa shape index (κ1) is 24.9. The molecule has 2 aromatic heterocycles. The monoisotopic (exact) mass is 540 g/mol. The number of furan rings is 1. The van der Waals surface area contributed by atoms with E-state index < -0.39 is 10.8 Å². The van der Waals surface area contributed by atoms with Gasteiger partial charge in [-0.1, -0.05) is 54.1 Å². The van der Waals surface area contributed by atoms with Crippen LogP contribution in [0.2, 0.25) is 5.02 Å². The maximum atomic E-state index is 12.8. The summed E-state index contributed by atoms with van der Waals surface area (Å²) in [6.07, 6.45) is 3.67. The lowest BCUT2D eigenvalue weighted by atomic mass is 10.0. The van der Waals surface area contributed by atoms with Gasteiger partial charge in [0.25, 0.3) is 11.6 Å². The molecule has 10 heteroatoms. The minimum atomic E-state index is -0.626. The molecule has 0 unspecified atom stereocenters. The Balaban J connectivity index is 1.30. The highest BCUT2D eigenvalue weighted by molar-refractivity contribution is 7.15. The number of hydrogen-bond donors (Lipinski definition) is 1. The van der Waals surface area contributed by atoms with Gasteiger partial charge in [0.05, 0.1) is 4.92 Å². The molecule has 5 rings (SSSR count). The average Bonchev–Trinajstić information content (AvgIpc) is 3.57. The third-order valence-corrected chi connectivity index (χ3v) is 6.96. The zero-order valence-electron chi connectivity index (χ0n) is 19.6. The van der Waals surface area contributed by atoms with Crippen LogP contribution in [-0.2, 0) is 11.2 Å². The molecule has 186 valence electrons. The first-order valence-corrected chi connectivity index (χ1v) is 12.5. The highest BCUT2D eigenvalue weighted by Gasteiger charge is 2.17. The van der Waals surface area contributed by atoms with E-state index in [1.165, 1.54) is 29.5 Å². The summed E-state index contributed by atoms with van der Waals surface area (Å²) in [5.74, 6) is -0.0644. The summed E-state index contributed by atoms with van der Waals surface area (Å²) in [6.45, 7) is 0. The minimum Gasteiger partial charge on any atom is -0.457 e. The number of carbonyl (C=O) groups is 1. The molecule has 0 bridgehead atoms. The number of nitro groups is 1. The van der Waals surface area contributed by atoms with E-state index >= 15 is 0 Å². The first-order valence-electron chi connectivity index (χ1n) is 11.3. The number of aromatic nitrogens is 1. The van der Waals surface area contributed by atoms with Crippen LogP contribution < -0.4 is 5.32 Å². The Labute approximate surface area is 225 Å². The molecule has 0 aliphatic rings. The minimum absolute atomic E-state index is 0.0105. The van der Waals surface area contributed by atoms with Gasteiger partial charge in [0.15, 0.2) is 5.13 Å². The van der Waals surface area contributed by atoms with Gasteiger partial charge in [-0.05, 0) is 40.6 Å². The Kier molecular flexibility index (Phi) is 7.00. The summed E-state index contributed by atoms with van der Waals surface area (Å²) in [5, 5.41) is 26.1. The molecule has 0 aliphatic carbocycles. The number of amides is 1. The number of benzene rings is 3. The van der Waals surface area contributed by atoms with Gasteiger partial charge in [-0.3, -0.25) is 20.2 Å². The fourth-order valence-corrected chi connectivity index (χ4v) is 4.95. The molecule has 38 heavy (non-hydrogen) atoms. The molecule has 8 nitrogen and oxygen atoms in total. The summed E-state index contributed by atoms with van der Waals surface area (Å²) in [7, 11) is 0. The third kappa shape index (κ3) is 5.32. The van der Waals surface area contributed by atoms with Crippen molar-refractivity contribution in [1.29, 1.82) is 5.26 Å². The van der Waals surface area contributed by atoms with Gasteiger partial charge in [-0.25, -0.2) is 4.98 Å². The van der Waals surface area contributed by atoms with Crippen molar-refractivity contribution in [2.45, 2.75) is 6.42 Å². The zero-order valence-corrected chi connectivity index (χ0v) is 21.1. The number of rotatable bonds is 7. The Morgan fingerprint density at radius 1 is 1.16 bits per heavy atom. The highest BCUT2D eigenvalue weighted by Crippen LogP contribution is 2.32. The Hall–Kier alpha value is -4.78. The number of nitriles is 1. The van der Waals surface area contributed by atoms with Crippen LogP contribution in [0.5, 0.6) is 0 Å². The first-order chi connectivity index (χ1) is 18.4. The lowest BCUT2D eigenvalue weighted by Crippen LogP contribution is -2.13. The molecule has 0 fully saturated rings. The van der Waals surface area contributed by atoms with Crippen molar-refractivity contribution in [1.82, 2.24) is 4.98 Å². The van der Waals surface area contributed by atoms with Crippen molar-refractivity contribution in [3.05, 3.63) is 116 Å². The van der Waals surface area contributed by atoms with E-state index in [1.54, 1.807) is 24.4 Å². The van der Waals surface area contributed by atoms with Gasteiger partial charge < -0.3 is 4.42 Å². The van der Waals surface area contributed by atoms with E-state index in [-0.39, 0.29) is 22.0 Å². The number of hydrogen-bond acceptors (Lipinski definition) is 7. The van der Waals surface area contributed by atoms with Crippen LogP contribution >= 0.6 is 22.9 Å². The number of carbonyl (C=O) groups excluding carboxylic acids is 1. The second-order valence-corrected chi connectivity index (χ2v) is 9.72. The number of anilines is 1. The molecule has 0 radical (unpaired) electrons. The fraction of sp³-hybridized carbons (Fsp3) is 0.0357. The van der Waals surface area contributed by atoms with Crippen molar-refractivity contribution in [3.63, 3.8) is 0 Å². The molecular formula is C28H17ClN4O4S. The fourth-order valence-electron chi connectivity index (χ4n) is 3.93. The van der Waals surface area contributed by atoms with Crippen LogP contribution in [0.1, 0.15) is 16.2 Å². The van der Waals surface area contributed by atoms with Gasteiger partial charge in [0.1, 0.15) is 28.2 Å². The number of nitrogens with one attached hydrogen (secondary N) is 1. The molecule has 2 heterocycles. The van der Waals surface area contributed by atoms with E-state index in [2.05, 4.69) is 34.6 Å². The largest absolute Gasteiger partial charge is 0.457 e. The van der Waals surface area contributed by atoms with Crippen molar-refractivity contribution >= 4 is 56.5 Å². The Morgan fingerprint density at radius 3 is 2.79 bits per heavy atom. The molecule has 5 aromatic rings. The Morgan fingerprint density at radius 2 is 1.97 bits per heavy atom. The maximum Gasteiger partial charge on any atom is 0.288 e. The highest BCUT2D eigenvalue weighted by atomic mass is 35.5. The van der Waals surface area contributed by atoms with Crippen molar-refractivity contribution in [2.75, 3.05) is 5.32 Å². The topological polar surface area (TPSA) is 122 Å². The predicted molar refractivity (Wildman–Crippen MR) is 147 cm³/mol. The molecule has 3 aromatic carbocycles. The third-order valence-electron chi connectivity index (χ3n) is 5.72. The van der Waals surface area contributed by atoms with Gasteiger partial charge in [0, 0.05) is 35.2 Å². The summed E-state index contributed by atoms with van der Waals surface area (Å²) in [5.41, 5.74) is 1.16. The number of halogens is 1. The number of fused-ring (bicyclic) bond motifs is 1. The SMILES string of the molecule is N#CC(=Cc1ccc(-c2ccc(Cl)c([N+](=O)[O-])c2)o1)C(=O)Nc1ncc(Cc2cccc3ccccc23)s1. The summed E-state index contributed by atoms with van der Waals surface area (Å²) in [6, 6.07) is 23.6. The molecule has 0 saturated heterocycles. The molecule has 1 N–H and O–H groups in total. The smallest absolute Gasteiger partial charge is 0.288 e. The van der Waals surface area contributed by atoms with Crippen LogP contribution in [0.25, 0.3) is 28.2 Å². The quantitative estimate of drug-likeness (QED) is 0.100. The predicted octanol–water partition coefficient (Wildman–Crippen LogP) is 7.25. The summed E-state index contributed by atoms with van der Waals surface area (Å²) in [4.78, 5) is 28.6. The van der Waals surface area contributed by atoms with Crippen LogP contribution in [0.3, 0.4) is 0 Å². The van der Waals surface area contributed by atoms with E-state index in [4.69, 9.17) is 16.0 Å². The summed E-state index contributed by atoms with van der Waals surface area (Å²) < 4.78 is 5.70. The standard InChI is InChI=1S/C28H17ClN4O4S/c29-24-10-8-19(14-25(24)33(35)36)26-11-9-21(37-26)12-20(15-30)27(34)32-28-31-16-22(38-28)13-18-6-3-5-17-4-1-2-7-23(17)18/h1-12,14,16H,13H2,(H,31,32,34). The number of nitro benzene ring substituents is 1. The van der Waals surface area contributed by atoms with Crippen molar-refractivity contribution in [3.8, 4) is 17.4 Å². The van der Waals surface area contributed by atoms with Crippen LogP contribution in [0.15, 0.2) is 89.0 Å². The number of thiazole rings is 1. The summed E-state index contributed by atoms with van der Waals surface area (Å²) >= 11 is 7.21. The molecule has 0 atom stereocenters. The molecule has 0 spiro atoms. The number of nitrogens with zero attached hydrogens (tertiary/aromatic N) is 3. The second-order valence-electron chi connectivity index (χ2n) is 8.20.